The molecule has 1 radical (unpaired) electrons. The molecular weight excluding hydrogens is 154 g/mol. The third-order valence-electron chi connectivity index (χ3n) is 1.21. The Labute approximate surface area is 70.7 Å². The molecule has 0 aliphatic rings. The first-order valence-electron chi connectivity index (χ1n) is 3.50. The molecule has 12 heavy (non-hydrogen) atoms. The fourth-order valence-corrected chi connectivity index (χ4v) is 0.726. The van der Waals surface area contributed by atoms with Crippen molar-refractivity contribution in [2.75, 3.05) is 6.61 Å². The summed E-state index contributed by atoms with van der Waals surface area (Å²) in [5.41, 5.74) is 0.840. The molecule has 0 bridgehead atoms. The van der Waals surface area contributed by atoms with Crippen molar-refractivity contribution in [2.45, 2.75) is 0 Å². The third-order valence-corrected chi connectivity index (χ3v) is 1.21. The highest BCUT2D eigenvalue weighted by molar-refractivity contribution is 5.44. The number of pyridine rings is 1. The number of ether oxygens (including phenoxy) is 1. The maximum absolute atomic E-state index is 9.62. The SMILES string of the molecule is O=[C]OC/C=C/c1ccccn1. The van der Waals surface area contributed by atoms with Gasteiger partial charge in [0, 0.05) is 6.20 Å². The Balaban J connectivity index is 2.41. The maximum Gasteiger partial charge on any atom is 0.417 e. The Morgan fingerprint density at radius 2 is 2.50 bits per heavy atom. The first-order chi connectivity index (χ1) is 5.93. The van der Waals surface area contributed by atoms with Gasteiger partial charge in [0.2, 0.25) is 0 Å². The lowest BCUT2D eigenvalue weighted by Crippen LogP contribution is -1.85. The van der Waals surface area contributed by atoms with E-state index in [9.17, 15) is 4.79 Å². The van der Waals surface area contributed by atoms with Gasteiger partial charge in [-0.1, -0.05) is 6.07 Å². The third kappa shape index (κ3) is 2.96. The van der Waals surface area contributed by atoms with Gasteiger partial charge in [-0.3, -0.25) is 4.98 Å². The monoisotopic (exact) mass is 162 g/mol. The van der Waals surface area contributed by atoms with E-state index in [2.05, 4.69) is 9.72 Å². The van der Waals surface area contributed by atoms with Crippen LogP contribution in [0.25, 0.3) is 6.08 Å². The summed E-state index contributed by atoms with van der Waals surface area (Å²) in [5.74, 6) is 0. The van der Waals surface area contributed by atoms with E-state index >= 15 is 0 Å². The Hall–Kier alpha value is -1.64. The minimum Gasteiger partial charge on any atom is -0.453 e. The Morgan fingerprint density at radius 1 is 1.58 bits per heavy atom. The van der Waals surface area contributed by atoms with Gasteiger partial charge >= 0.3 is 6.47 Å². The molecule has 0 fully saturated rings. The molecule has 0 amide bonds. The zero-order valence-corrected chi connectivity index (χ0v) is 6.43. The van der Waals surface area contributed by atoms with Crippen LogP contribution in [0.4, 0.5) is 0 Å². The fraction of sp³-hybridized carbons (Fsp3) is 0.111. The molecule has 3 nitrogen and oxygen atoms in total. The summed E-state index contributed by atoms with van der Waals surface area (Å²) in [6.45, 7) is 1.57. The molecule has 0 spiro atoms. The maximum atomic E-state index is 9.62. The molecule has 1 heterocycles. The van der Waals surface area contributed by atoms with E-state index in [1.807, 2.05) is 18.2 Å². The second kappa shape index (κ2) is 5.07. The number of nitrogens with zero attached hydrogens (tertiary/aromatic N) is 1. The normalized spacial score (nSPS) is 10.0. The van der Waals surface area contributed by atoms with E-state index < -0.39 is 0 Å². The van der Waals surface area contributed by atoms with Crippen molar-refractivity contribution in [3.8, 4) is 0 Å². The van der Waals surface area contributed by atoms with Crippen molar-refractivity contribution >= 4 is 12.5 Å². The lowest BCUT2D eigenvalue weighted by molar-refractivity contribution is 0.314. The molecular formula is C9H8NO2. The Kier molecular flexibility index (Phi) is 3.57. The van der Waals surface area contributed by atoms with Crippen LogP contribution in [0.1, 0.15) is 5.69 Å². The highest BCUT2D eigenvalue weighted by Crippen LogP contribution is 1.95. The summed E-state index contributed by atoms with van der Waals surface area (Å²) >= 11 is 0. The van der Waals surface area contributed by atoms with Crippen LogP contribution in [0.3, 0.4) is 0 Å². The summed E-state index contributed by atoms with van der Waals surface area (Å²) in [5, 5.41) is 0. The second-order valence-corrected chi connectivity index (χ2v) is 2.05. The highest BCUT2D eigenvalue weighted by atomic mass is 16.5. The fourth-order valence-electron chi connectivity index (χ4n) is 0.726. The van der Waals surface area contributed by atoms with E-state index in [1.54, 1.807) is 18.3 Å². The second-order valence-electron chi connectivity index (χ2n) is 2.05. The molecule has 0 unspecified atom stereocenters. The van der Waals surface area contributed by atoms with E-state index in [0.29, 0.717) is 0 Å². The molecule has 0 N–H and O–H groups in total. The molecule has 1 rings (SSSR count). The highest BCUT2D eigenvalue weighted by Gasteiger charge is 1.83. The van der Waals surface area contributed by atoms with Gasteiger partial charge in [-0.25, -0.2) is 4.79 Å². The zero-order valence-electron chi connectivity index (χ0n) is 6.43. The first kappa shape index (κ1) is 8.46. The van der Waals surface area contributed by atoms with Gasteiger partial charge in [-0.2, -0.15) is 0 Å². The van der Waals surface area contributed by atoms with Gasteiger partial charge in [-0.15, -0.1) is 0 Å². The van der Waals surface area contributed by atoms with Crippen LogP contribution in [0, 0.1) is 0 Å². The molecule has 0 saturated heterocycles. The van der Waals surface area contributed by atoms with Gasteiger partial charge in [-0.05, 0) is 24.3 Å². The van der Waals surface area contributed by atoms with Crippen molar-refractivity contribution in [1.82, 2.24) is 4.98 Å². The van der Waals surface area contributed by atoms with Gasteiger partial charge < -0.3 is 4.74 Å². The molecule has 3 heteroatoms. The topological polar surface area (TPSA) is 39.2 Å². The van der Waals surface area contributed by atoms with Gasteiger partial charge in [0.25, 0.3) is 0 Å². The summed E-state index contributed by atoms with van der Waals surface area (Å²) in [7, 11) is 0. The largest absolute Gasteiger partial charge is 0.453 e. The first-order valence-corrected chi connectivity index (χ1v) is 3.50. The van der Waals surface area contributed by atoms with Crippen LogP contribution >= 0.6 is 0 Å². The molecule has 0 atom stereocenters. The number of hydrogen-bond acceptors (Lipinski definition) is 3. The molecule has 0 aromatic carbocycles. The standard InChI is InChI=1S/C9H8NO2/c11-8-12-7-3-5-9-4-1-2-6-10-9/h1-6H,7H2/b5-3+. The summed E-state index contributed by atoms with van der Waals surface area (Å²) in [4.78, 5) is 13.7. The molecule has 1 aromatic rings. The number of rotatable bonds is 4. The van der Waals surface area contributed by atoms with Crippen LogP contribution in [0.15, 0.2) is 30.5 Å². The van der Waals surface area contributed by atoms with E-state index in [4.69, 9.17) is 0 Å². The molecule has 0 aliphatic heterocycles. The van der Waals surface area contributed by atoms with Crippen molar-refractivity contribution in [3.63, 3.8) is 0 Å². The van der Waals surface area contributed by atoms with E-state index in [0.717, 1.165) is 5.69 Å². The minimum absolute atomic E-state index is 0.236. The lowest BCUT2D eigenvalue weighted by Gasteiger charge is -1.89. The minimum atomic E-state index is 0.236. The average Bonchev–Trinajstić information content (AvgIpc) is 2.14. The van der Waals surface area contributed by atoms with Gasteiger partial charge in [0.05, 0.1) is 5.69 Å². The molecule has 0 saturated carbocycles. The molecule has 0 aliphatic carbocycles. The van der Waals surface area contributed by atoms with Crippen LogP contribution in [-0.4, -0.2) is 18.1 Å². The predicted molar refractivity (Wildman–Crippen MR) is 44.9 cm³/mol. The zero-order chi connectivity index (χ0) is 8.65. The van der Waals surface area contributed by atoms with Crippen LogP contribution in [0.5, 0.6) is 0 Å². The summed E-state index contributed by atoms with van der Waals surface area (Å²) in [6.07, 6.45) is 5.18. The lowest BCUT2D eigenvalue weighted by atomic mass is 10.3. The molecule has 61 valence electrons. The average molecular weight is 162 g/mol. The van der Waals surface area contributed by atoms with Gasteiger partial charge in [0.15, 0.2) is 0 Å². The number of aromatic nitrogens is 1. The van der Waals surface area contributed by atoms with Crippen molar-refractivity contribution in [2.24, 2.45) is 0 Å². The number of carbonyl (C=O) groups excluding carboxylic acids is 1. The Bertz CT molecular complexity index is 256. The summed E-state index contributed by atoms with van der Waals surface area (Å²) in [6, 6.07) is 5.59. The van der Waals surface area contributed by atoms with Crippen LogP contribution in [0.2, 0.25) is 0 Å². The number of hydrogen-bond donors (Lipinski definition) is 0. The van der Waals surface area contributed by atoms with Crippen molar-refractivity contribution in [3.05, 3.63) is 36.2 Å². The van der Waals surface area contributed by atoms with Crippen LogP contribution < -0.4 is 0 Å². The summed E-state index contributed by atoms with van der Waals surface area (Å²) < 4.78 is 4.34. The van der Waals surface area contributed by atoms with Crippen molar-refractivity contribution < 1.29 is 9.53 Å². The predicted octanol–water partition coefficient (Wildman–Crippen LogP) is 1.18. The van der Waals surface area contributed by atoms with Gasteiger partial charge in [0.1, 0.15) is 6.61 Å². The van der Waals surface area contributed by atoms with Crippen molar-refractivity contribution in [1.29, 1.82) is 0 Å². The molecule has 1 aromatic heterocycles. The van der Waals surface area contributed by atoms with E-state index in [1.165, 1.54) is 6.47 Å². The van der Waals surface area contributed by atoms with E-state index in [-0.39, 0.29) is 6.61 Å². The van der Waals surface area contributed by atoms with Crippen LogP contribution in [-0.2, 0) is 9.53 Å². The Morgan fingerprint density at radius 3 is 3.17 bits per heavy atom. The smallest absolute Gasteiger partial charge is 0.417 e. The quantitative estimate of drug-likeness (QED) is 0.624.